The Morgan fingerprint density at radius 3 is 2.44 bits per heavy atom. The fourth-order valence-electron chi connectivity index (χ4n) is 2.40. The van der Waals surface area contributed by atoms with Gasteiger partial charge in [-0.3, -0.25) is 4.79 Å². The molecule has 0 aliphatic rings. The van der Waals surface area contributed by atoms with Crippen LogP contribution in [-0.2, 0) is 16.0 Å². The number of hydrogen-bond donors (Lipinski definition) is 1. The van der Waals surface area contributed by atoms with Crippen molar-refractivity contribution in [2.75, 3.05) is 18.5 Å². The summed E-state index contributed by atoms with van der Waals surface area (Å²) in [5, 5.41) is 3.27. The van der Waals surface area contributed by atoms with Crippen molar-refractivity contribution in [1.82, 2.24) is 0 Å². The van der Waals surface area contributed by atoms with E-state index in [-0.39, 0.29) is 12.5 Å². The Hall–Kier alpha value is -2.34. The van der Waals surface area contributed by atoms with Crippen LogP contribution >= 0.6 is 11.3 Å². The first-order valence-electron chi connectivity index (χ1n) is 8.24. The third-order valence-corrected chi connectivity index (χ3v) is 4.83. The monoisotopic (exact) mass is 361 g/mol. The quantitative estimate of drug-likeness (QED) is 0.754. The van der Waals surface area contributed by atoms with Crippen molar-refractivity contribution in [3.05, 3.63) is 45.8 Å². The number of esters is 1. The highest BCUT2D eigenvalue weighted by Gasteiger charge is 2.19. The predicted molar refractivity (Wildman–Crippen MR) is 99.7 cm³/mol. The van der Waals surface area contributed by atoms with Crippen LogP contribution in [0.1, 0.15) is 40.2 Å². The fourth-order valence-corrected chi connectivity index (χ4v) is 3.40. The van der Waals surface area contributed by atoms with E-state index >= 15 is 0 Å². The van der Waals surface area contributed by atoms with E-state index in [4.69, 9.17) is 9.47 Å². The summed E-state index contributed by atoms with van der Waals surface area (Å²) in [6.07, 6.45) is 0.784. The van der Waals surface area contributed by atoms with Crippen LogP contribution < -0.4 is 10.1 Å². The second kappa shape index (κ2) is 8.67. The molecule has 1 heterocycles. The van der Waals surface area contributed by atoms with Crippen molar-refractivity contribution in [3.8, 4) is 5.75 Å². The maximum atomic E-state index is 12.3. The van der Waals surface area contributed by atoms with Gasteiger partial charge in [0.05, 0.1) is 12.2 Å². The summed E-state index contributed by atoms with van der Waals surface area (Å²) in [7, 11) is 0. The van der Waals surface area contributed by atoms with Crippen LogP contribution in [0.3, 0.4) is 0 Å². The summed E-state index contributed by atoms with van der Waals surface area (Å²) in [5.74, 6) is -0.0224. The molecule has 0 bridgehead atoms. The molecule has 2 aromatic rings. The minimum atomic E-state index is -0.426. The predicted octanol–water partition coefficient (Wildman–Crippen LogP) is 4.12. The number of hydrogen-bond acceptors (Lipinski definition) is 5. The number of thiophene rings is 1. The van der Waals surface area contributed by atoms with Crippen molar-refractivity contribution in [3.63, 3.8) is 0 Å². The van der Waals surface area contributed by atoms with Crippen molar-refractivity contribution in [1.29, 1.82) is 0 Å². The molecule has 0 spiro atoms. The largest absolute Gasteiger partial charge is 0.483 e. The van der Waals surface area contributed by atoms with E-state index in [0.29, 0.717) is 22.9 Å². The molecule has 2 rings (SSSR count). The molecule has 5 nitrogen and oxygen atoms in total. The van der Waals surface area contributed by atoms with Crippen LogP contribution in [0.5, 0.6) is 5.75 Å². The smallest absolute Gasteiger partial charge is 0.341 e. The topological polar surface area (TPSA) is 64.6 Å². The van der Waals surface area contributed by atoms with Crippen LogP contribution in [0.15, 0.2) is 24.3 Å². The van der Waals surface area contributed by atoms with E-state index in [1.54, 1.807) is 13.0 Å². The first kappa shape index (κ1) is 19.0. The number of para-hydroxylation sites is 1. The summed E-state index contributed by atoms with van der Waals surface area (Å²) in [5.41, 5.74) is 2.35. The van der Waals surface area contributed by atoms with Crippen LogP contribution in [0.4, 0.5) is 5.00 Å². The fraction of sp³-hybridized carbons (Fsp3) is 0.368. The minimum Gasteiger partial charge on any atom is -0.483 e. The highest BCUT2D eigenvalue weighted by atomic mass is 32.1. The van der Waals surface area contributed by atoms with Gasteiger partial charge in [-0.05, 0) is 44.4 Å². The maximum Gasteiger partial charge on any atom is 0.341 e. The molecule has 0 saturated heterocycles. The molecule has 0 radical (unpaired) electrons. The highest BCUT2D eigenvalue weighted by molar-refractivity contribution is 7.16. The molecule has 1 amide bonds. The number of rotatable bonds is 7. The lowest BCUT2D eigenvalue weighted by molar-refractivity contribution is -0.118. The van der Waals surface area contributed by atoms with Crippen LogP contribution in [-0.4, -0.2) is 25.1 Å². The van der Waals surface area contributed by atoms with Gasteiger partial charge in [0.25, 0.3) is 5.91 Å². The molecule has 0 aliphatic carbocycles. The molecule has 1 aromatic carbocycles. The van der Waals surface area contributed by atoms with Gasteiger partial charge in [-0.2, -0.15) is 0 Å². The molecule has 0 unspecified atom stereocenters. The van der Waals surface area contributed by atoms with Crippen molar-refractivity contribution >= 4 is 28.2 Å². The number of nitrogens with one attached hydrogen (secondary N) is 1. The Morgan fingerprint density at radius 2 is 1.84 bits per heavy atom. The summed E-state index contributed by atoms with van der Waals surface area (Å²) >= 11 is 1.38. The van der Waals surface area contributed by atoms with Crippen LogP contribution in [0, 0.1) is 13.8 Å². The number of ether oxygens (including phenoxy) is 2. The Balaban J connectivity index is 2.07. The van der Waals surface area contributed by atoms with Gasteiger partial charge in [-0.15, -0.1) is 11.3 Å². The number of carbonyl (C=O) groups excluding carboxylic acids is 2. The molecule has 0 atom stereocenters. The van der Waals surface area contributed by atoms with Gasteiger partial charge >= 0.3 is 5.97 Å². The lowest BCUT2D eigenvalue weighted by Gasteiger charge is -2.12. The summed E-state index contributed by atoms with van der Waals surface area (Å²) in [6.45, 7) is 7.79. The van der Waals surface area contributed by atoms with Gasteiger partial charge in [0.2, 0.25) is 0 Å². The number of carbonyl (C=O) groups is 2. The average Bonchev–Trinajstić information content (AvgIpc) is 2.97. The van der Waals surface area contributed by atoms with E-state index in [1.165, 1.54) is 11.3 Å². The minimum absolute atomic E-state index is 0.118. The molecule has 134 valence electrons. The Labute approximate surface area is 152 Å². The van der Waals surface area contributed by atoms with Gasteiger partial charge in [-0.25, -0.2) is 4.79 Å². The van der Waals surface area contributed by atoms with Crippen molar-refractivity contribution in [2.45, 2.75) is 34.1 Å². The third-order valence-electron chi connectivity index (χ3n) is 3.64. The molecule has 25 heavy (non-hydrogen) atoms. The SMILES string of the molecule is CCOC(=O)c1cc(CC)sc1NC(=O)COc1c(C)cccc1C. The van der Waals surface area contributed by atoms with Gasteiger partial charge in [0, 0.05) is 4.88 Å². The molecular weight excluding hydrogens is 338 g/mol. The van der Waals surface area contributed by atoms with Crippen molar-refractivity contribution < 1.29 is 19.1 Å². The van der Waals surface area contributed by atoms with Gasteiger partial charge < -0.3 is 14.8 Å². The zero-order valence-corrected chi connectivity index (χ0v) is 15.8. The normalized spacial score (nSPS) is 10.4. The van der Waals surface area contributed by atoms with E-state index < -0.39 is 5.97 Å². The summed E-state index contributed by atoms with van der Waals surface area (Å²) in [6, 6.07) is 7.59. The number of amides is 1. The van der Waals surface area contributed by atoms with Crippen LogP contribution in [0.2, 0.25) is 0 Å². The zero-order valence-electron chi connectivity index (χ0n) is 15.0. The lowest BCUT2D eigenvalue weighted by atomic mass is 10.1. The maximum absolute atomic E-state index is 12.3. The second-order valence-electron chi connectivity index (χ2n) is 5.59. The number of benzene rings is 1. The molecule has 1 aromatic heterocycles. The first-order chi connectivity index (χ1) is 12.0. The standard InChI is InChI=1S/C19H23NO4S/c1-5-14-10-15(19(22)23-6-2)18(25-14)20-16(21)11-24-17-12(3)8-7-9-13(17)4/h7-10H,5-6,11H2,1-4H3,(H,20,21). The molecule has 0 saturated carbocycles. The first-order valence-corrected chi connectivity index (χ1v) is 9.06. The average molecular weight is 361 g/mol. The molecule has 6 heteroatoms. The molecule has 1 N–H and O–H groups in total. The zero-order chi connectivity index (χ0) is 18.4. The summed E-state index contributed by atoms with van der Waals surface area (Å²) < 4.78 is 10.7. The number of aryl methyl sites for hydroxylation is 3. The van der Waals surface area contributed by atoms with Crippen LogP contribution in [0.25, 0.3) is 0 Å². The second-order valence-corrected chi connectivity index (χ2v) is 6.72. The van der Waals surface area contributed by atoms with Gasteiger partial charge in [0.15, 0.2) is 6.61 Å². The van der Waals surface area contributed by atoms with Crippen molar-refractivity contribution in [2.24, 2.45) is 0 Å². The van der Waals surface area contributed by atoms with Gasteiger partial charge in [0.1, 0.15) is 10.8 Å². The molecular formula is C19H23NO4S. The summed E-state index contributed by atoms with van der Waals surface area (Å²) in [4.78, 5) is 25.3. The van der Waals surface area contributed by atoms with E-state index in [9.17, 15) is 9.59 Å². The number of anilines is 1. The Bertz CT molecular complexity index is 747. The van der Waals surface area contributed by atoms with Gasteiger partial charge in [-0.1, -0.05) is 25.1 Å². The van der Waals surface area contributed by atoms with E-state index in [0.717, 1.165) is 22.4 Å². The molecule has 0 aliphatic heterocycles. The lowest BCUT2D eigenvalue weighted by Crippen LogP contribution is -2.21. The Kier molecular flexibility index (Phi) is 6.58. The third kappa shape index (κ3) is 4.82. The van der Waals surface area contributed by atoms with E-state index in [1.807, 2.05) is 39.0 Å². The Morgan fingerprint density at radius 1 is 1.16 bits per heavy atom. The molecule has 0 fully saturated rings. The van der Waals surface area contributed by atoms with E-state index in [2.05, 4.69) is 5.32 Å². The highest BCUT2D eigenvalue weighted by Crippen LogP contribution is 2.29.